The molecular weight excluding hydrogens is 256 g/mol. The monoisotopic (exact) mass is 282 g/mol. The fourth-order valence-corrected chi connectivity index (χ4v) is 3.55. The minimum absolute atomic E-state index is 0.401. The van der Waals surface area contributed by atoms with E-state index in [9.17, 15) is 0 Å². The Morgan fingerprint density at radius 1 is 1.42 bits per heavy atom. The lowest BCUT2D eigenvalue weighted by atomic mass is 10.1. The molecule has 1 aromatic rings. The molecular formula is C14H26N4S. The van der Waals surface area contributed by atoms with Crippen molar-refractivity contribution >= 4 is 16.5 Å². The van der Waals surface area contributed by atoms with Crippen LogP contribution in [0.1, 0.15) is 38.6 Å². The van der Waals surface area contributed by atoms with Gasteiger partial charge < -0.3 is 10.2 Å². The molecule has 0 bridgehead atoms. The summed E-state index contributed by atoms with van der Waals surface area (Å²) in [7, 11) is 2.22. The highest BCUT2D eigenvalue weighted by atomic mass is 32.1. The van der Waals surface area contributed by atoms with Gasteiger partial charge in [0.05, 0.1) is 0 Å². The second-order valence-corrected chi connectivity index (χ2v) is 6.63. The summed E-state index contributed by atoms with van der Waals surface area (Å²) in [4.78, 5) is 10.8. The van der Waals surface area contributed by atoms with E-state index in [4.69, 9.17) is 0 Å². The van der Waals surface area contributed by atoms with Crippen molar-refractivity contribution in [1.82, 2.24) is 15.2 Å². The Bertz CT molecular complexity index is 394. The Morgan fingerprint density at radius 3 is 2.63 bits per heavy atom. The average Bonchev–Trinajstić information content (AvgIpc) is 2.85. The van der Waals surface area contributed by atoms with E-state index in [0.29, 0.717) is 18.1 Å². The summed E-state index contributed by atoms with van der Waals surface area (Å²) in [6, 6.07) is 1.57. The molecule has 1 saturated heterocycles. The van der Waals surface area contributed by atoms with E-state index >= 15 is 0 Å². The molecule has 0 aromatic carbocycles. The van der Waals surface area contributed by atoms with Crippen LogP contribution in [-0.2, 0) is 0 Å². The van der Waals surface area contributed by atoms with Crippen LogP contribution in [0, 0.1) is 0 Å². The van der Waals surface area contributed by atoms with Crippen molar-refractivity contribution in [1.29, 1.82) is 0 Å². The van der Waals surface area contributed by atoms with Gasteiger partial charge in [-0.25, -0.2) is 4.98 Å². The summed E-state index contributed by atoms with van der Waals surface area (Å²) in [5, 5.41) is 4.62. The number of nitrogens with one attached hydrogen (secondary N) is 1. The number of rotatable bonds is 4. The van der Waals surface area contributed by atoms with Gasteiger partial charge in [0, 0.05) is 42.3 Å². The molecule has 2 heterocycles. The number of nitrogens with zero attached hydrogens (tertiary/aromatic N) is 3. The van der Waals surface area contributed by atoms with Crippen LogP contribution in [-0.4, -0.2) is 48.6 Å². The van der Waals surface area contributed by atoms with E-state index in [2.05, 4.69) is 54.8 Å². The van der Waals surface area contributed by atoms with Crippen molar-refractivity contribution in [3.05, 3.63) is 11.1 Å². The van der Waals surface area contributed by atoms with Crippen molar-refractivity contribution in [2.45, 2.75) is 45.8 Å². The molecule has 5 heteroatoms. The van der Waals surface area contributed by atoms with Crippen LogP contribution in [0.2, 0.25) is 0 Å². The zero-order valence-electron chi connectivity index (χ0n) is 12.7. The standard InChI is InChI=1S/C14H26N4S/c1-6-15-12(4)13-7-16-14(19-13)18-8-10(2)17(5)11(3)9-18/h7,10-12,15H,6,8-9H2,1-5H3. The van der Waals surface area contributed by atoms with Gasteiger partial charge in [-0.2, -0.15) is 0 Å². The van der Waals surface area contributed by atoms with Crippen LogP contribution >= 0.6 is 11.3 Å². The summed E-state index contributed by atoms with van der Waals surface area (Å²) in [6.07, 6.45) is 2.03. The van der Waals surface area contributed by atoms with Gasteiger partial charge in [-0.3, -0.25) is 4.90 Å². The van der Waals surface area contributed by atoms with Crippen molar-refractivity contribution < 1.29 is 0 Å². The predicted molar refractivity (Wildman–Crippen MR) is 83.1 cm³/mol. The fraction of sp³-hybridized carbons (Fsp3) is 0.786. The Balaban J connectivity index is 2.06. The largest absolute Gasteiger partial charge is 0.345 e. The third kappa shape index (κ3) is 3.27. The van der Waals surface area contributed by atoms with E-state index in [0.717, 1.165) is 19.6 Å². The van der Waals surface area contributed by atoms with E-state index < -0.39 is 0 Å². The van der Waals surface area contributed by atoms with Crippen LogP contribution in [0.15, 0.2) is 6.20 Å². The predicted octanol–water partition coefficient (Wildman–Crippen LogP) is 2.34. The number of piperazine rings is 1. The highest BCUT2D eigenvalue weighted by Gasteiger charge is 2.28. The third-order valence-corrected chi connectivity index (χ3v) is 5.32. The molecule has 1 fully saturated rings. The van der Waals surface area contributed by atoms with Gasteiger partial charge in [0.1, 0.15) is 0 Å². The first-order valence-corrected chi connectivity index (χ1v) is 8.00. The first kappa shape index (κ1) is 14.8. The van der Waals surface area contributed by atoms with Gasteiger partial charge in [0.2, 0.25) is 0 Å². The zero-order valence-corrected chi connectivity index (χ0v) is 13.5. The molecule has 0 aliphatic carbocycles. The van der Waals surface area contributed by atoms with Gasteiger partial charge in [0.25, 0.3) is 0 Å². The number of likely N-dealkylation sites (N-methyl/N-ethyl adjacent to an activating group) is 1. The number of hydrogen-bond donors (Lipinski definition) is 1. The number of anilines is 1. The first-order chi connectivity index (χ1) is 9.02. The lowest BCUT2D eigenvalue weighted by Crippen LogP contribution is -2.55. The molecule has 0 saturated carbocycles. The topological polar surface area (TPSA) is 31.4 Å². The maximum atomic E-state index is 4.62. The summed E-state index contributed by atoms with van der Waals surface area (Å²) < 4.78 is 0. The Labute approximate surface area is 120 Å². The quantitative estimate of drug-likeness (QED) is 0.918. The minimum atomic E-state index is 0.401. The average molecular weight is 282 g/mol. The molecule has 19 heavy (non-hydrogen) atoms. The Hall–Kier alpha value is -0.650. The number of aromatic nitrogens is 1. The Kier molecular flexibility index (Phi) is 4.81. The number of thiazole rings is 1. The summed E-state index contributed by atoms with van der Waals surface area (Å²) >= 11 is 1.83. The molecule has 1 aliphatic heterocycles. The van der Waals surface area contributed by atoms with E-state index in [-0.39, 0.29) is 0 Å². The second kappa shape index (κ2) is 6.20. The van der Waals surface area contributed by atoms with Crippen molar-refractivity contribution in [3.8, 4) is 0 Å². The SMILES string of the molecule is CCNC(C)c1cnc(N2CC(C)N(C)C(C)C2)s1. The Morgan fingerprint density at radius 2 is 2.05 bits per heavy atom. The molecule has 108 valence electrons. The van der Waals surface area contributed by atoms with Crippen molar-refractivity contribution in [3.63, 3.8) is 0 Å². The van der Waals surface area contributed by atoms with E-state index in [1.807, 2.05) is 17.5 Å². The molecule has 0 radical (unpaired) electrons. The molecule has 3 atom stereocenters. The smallest absolute Gasteiger partial charge is 0.185 e. The van der Waals surface area contributed by atoms with Gasteiger partial charge in [0.15, 0.2) is 5.13 Å². The molecule has 1 aromatic heterocycles. The summed E-state index contributed by atoms with van der Waals surface area (Å²) in [5.74, 6) is 0. The van der Waals surface area contributed by atoms with Gasteiger partial charge in [-0.15, -0.1) is 11.3 Å². The lowest BCUT2D eigenvalue weighted by molar-refractivity contribution is 0.170. The summed E-state index contributed by atoms with van der Waals surface area (Å²) in [6.45, 7) is 12.1. The highest BCUT2D eigenvalue weighted by molar-refractivity contribution is 7.15. The van der Waals surface area contributed by atoms with Crippen LogP contribution in [0.3, 0.4) is 0 Å². The first-order valence-electron chi connectivity index (χ1n) is 7.18. The van der Waals surface area contributed by atoms with Gasteiger partial charge in [-0.05, 0) is 34.4 Å². The highest BCUT2D eigenvalue weighted by Crippen LogP contribution is 2.29. The molecule has 4 nitrogen and oxygen atoms in total. The van der Waals surface area contributed by atoms with Crippen LogP contribution in [0.4, 0.5) is 5.13 Å². The van der Waals surface area contributed by atoms with Gasteiger partial charge in [-0.1, -0.05) is 6.92 Å². The van der Waals surface area contributed by atoms with Crippen molar-refractivity contribution in [2.24, 2.45) is 0 Å². The molecule has 2 rings (SSSR count). The van der Waals surface area contributed by atoms with E-state index in [1.54, 1.807) is 0 Å². The molecule has 3 unspecified atom stereocenters. The molecule has 1 aliphatic rings. The fourth-order valence-electron chi connectivity index (χ4n) is 2.59. The lowest BCUT2D eigenvalue weighted by Gasteiger charge is -2.42. The molecule has 1 N–H and O–H groups in total. The van der Waals surface area contributed by atoms with Crippen molar-refractivity contribution in [2.75, 3.05) is 31.6 Å². The minimum Gasteiger partial charge on any atom is -0.345 e. The maximum absolute atomic E-state index is 4.62. The normalized spacial score (nSPS) is 26.7. The maximum Gasteiger partial charge on any atom is 0.185 e. The van der Waals surface area contributed by atoms with Crippen LogP contribution < -0.4 is 10.2 Å². The van der Waals surface area contributed by atoms with Crippen LogP contribution in [0.25, 0.3) is 0 Å². The third-order valence-electron chi connectivity index (χ3n) is 4.08. The van der Waals surface area contributed by atoms with Gasteiger partial charge >= 0.3 is 0 Å². The summed E-state index contributed by atoms with van der Waals surface area (Å²) in [5.41, 5.74) is 0. The molecule has 0 amide bonds. The molecule has 0 spiro atoms. The zero-order chi connectivity index (χ0) is 14.0. The van der Waals surface area contributed by atoms with Crippen LogP contribution in [0.5, 0.6) is 0 Å². The number of hydrogen-bond acceptors (Lipinski definition) is 5. The second-order valence-electron chi connectivity index (χ2n) is 5.59. The van der Waals surface area contributed by atoms with E-state index in [1.165, 1.54) is 10.0 Å².